The van der Waals surface area contributed by atoms with Gasteiger partial charge in [0, 0.05) is 5.41 Å². The van der Waals surface area contributed by atoms with Crippen LogP contribution in [-0.4, -0.2) is 5.11 Å². The van der Waals surface area contributed by atoms with Gasteiger partial charge in [-0.3, -0.25) is 0 Å². The molecule has 0 atom stereocenters. The highest BCUT2D eigenvalue weighted by atomic mass is 16.3. The molecule has 0 saturated heterocycles. The fraction of sp³-hybridized carbons (Fsp3) is 0.250. The van der Waals surface area contributed by atoms with Crippen LogP contribution >= 0.6 is 0 Å². The van der Waals surface area contributed by atoms with E-state index in [-0.39, 0.29) is 5.41 Å². The third kappa shape index (κ3) is 2.33. The molecule has 1 heteroatoms. The number of aromatic hydroxyl groups is 1. The molecule has 1 nitrogen and oxygen atoms in total. The van der Waals surface area contributed by atoms with Crippen molar-refractivity contribution in [3.05, 3.63) is 65.2 Å². The molecule has 2 aromatic carbocycles. The van der Waals surface area contributed by atoms with Gasteiger partial charge in [-0.1, -0.05) is 55.8 Å². The molecule has 17 heavy (non-hydrogen) atoms. The summed E-state index contributed by atoms with van der Waals surface area (Å²) >= 11 is 0. The van der Waals surface area contributed by atoms with Gasteiger partial charge in [0.05, 0.1) is 0 Å². The zero-order valence-corrected chi connectivity index (χ0v) is 10.6. The summed E-state index contributed by atoms with van der Waals surface area (Å²) in [6.07, 6.45) is 0. The van der Waals surface area contributed by atoms with E-state index in [1.165, 1.54) is 11.1 Å². The zero-order valence-electron chi connectivity index (χ0n) is 10.6. The molecule has 0 spiro atoms. The van der Waals surface area contributed by atoms with Crippen molar-refractivity contribution in [3.8, 4) is 5.75 Å². The Morgan fingerprint density at radius 3 is 2.12 bits per heavy atom. The van der Waals surface area contributed by atoms with E-state index in [0.717, 1.165) is 5.56 Å². The lowest BCUT2D eigenvalue weighted by Gasteiger charge is -2.26. The smallest absolute Gasteiger partial charge is 0.115 e. The van der Waals surface area contributed by atoms with Gasteiger partial charge in [0.25, 0.3) is 0 Å². The predicted octanol–water partition coefficient (Wildman–Crippen LogP) is 4.03. The lowest BCUT2D eigenvalue weighted by atomic mass is 9.78. The first-order valence-corrected chi connectivity index (χ1v) is 5.87. The highest BCUT2D eigenvalue weighted by Gasteiger charge is 2.22. The number of benzene rings is 2. The van der Waals surface area contributed by atoms with Crippen LogP contribution in [0.3, 0.4) is 0 Å². The van der Waals surface area contributed by atoms with Crippen molar-refractivity contribution in [2.24, 2.45) is 0 Å². The minimum absolute atomic E-state index is 0.0908. The van der Waals surface area contributed by atoms with E-state index < -0.39 is 0 Å². The Balaban J connectivity index is 2.45. The van der Waals surface area contributed by atoms with Crippen LogP contribution in [0.1, 0.15) is 30.5 Å². The van der Waals surface area contributed by atoms with E-state index in [2.05, 4.69) is 51.1 Å². The van der Waals surface area contributed by atoms with Gasteiger partial charge >= 0.3 is 0 Å². The summed E-state index contributed by atoms with van der Waals surface area (Å²) in [4.78, 5) is 0. The third-order valence-electron chi connectivity index (χ3n) is 3.34. The maximum absolute atomic E-state index is 9.57. The van der Waals surface area contributed by atoms with Crippen LogP contribution in [0.5, 0.6) is 5.75 Å². The SMILES string of the molecule is Cc1ccc(C(C)(C)c2cccc(O)c2)cc1. The van der Waals surface area contributed by atoms with Gasteiger partial charge in [-0.25, -0.2) is 0 Å². The lowest BCUT2D eigenvalue weighted by molar-refractivity contribution is 0.472. The molecule has 0 bridgehead atoms. The molecule has 2 rings (SSSR count). The topological polar surface area (TPSA) is 20.2 Å². The van der Waals surface area contributed by atoms with Gasteiger partial charge in [0.15, 0.2) is 0 Å². The first-order valence-electron chi connectivity index (χ1n) is 5.87. The maximum atomic E-state index is 9.57. The van der Waals surface area contributed by atoms with Crippen LogP contribution in [0.2, 0.25) is 0 Å². The molecule has 0 aromatic heterocycles. The fourth-order valence-corrected chi connectivity index (χ4v) is 2.03. The van der Waals surface area contributed by atoms with Crippen LogP contribution in [0.15, 0.2) is 48.5 Å². The van der Waals surface area contributed by atoms with E-state index in [0.29, 0.717) is 5.75 Å². The van der Waals surface area contributed by atoms with Crippen molar-refractivity contribution in [2.45, 2.75) is 26.2 Å². The average molecular weight is 226 g/mol. The van der Waals surface area contributed by atoms with E-state index in [1.54, 1.807) is 6.07 Å². The van der Waals surface area contributed by atoms with Crippen LogP contribution in [0.4, 0.5) is 0 Å². The molecule has 0 fully saturated rings. The average Bonchev–Trinajstić information content (AvgIpc) is 2.29. The van der Waals surface area contributed by atoms with Gasteiger partial charge in [-0.15, -0.1) is 0 Å². The highest BCUT2D eigenvalue weighted by molar-refractivity contribution is 5.41. The van der Waals surface area contributed by atoms with Crippen molar-refractivity contribution in [1.29, 1.82) is 0 Å². The van der Waals surface area contributed by atoms with E-state index >= 15 is 0 Å². The Bertz CT molecular complexity index is 509. The summed E-state index contributed by atoms with van der Waals surface area (Å²) in [7, 11) is 0. The molecule has 0 aliphatic heterocycles. The zero-order chi connectivity index (χ0) is 12.5. The molecule has 1 N–H and O–H groups in total. The number of hydrogen-bond acceptors (Lipinski definition) is 1. The second-order valence-corrected chi connectivity index (χ2v) is 5.04. The predicted molar refractivity (Wildman–Crippen MR) is 71.4 cm³/mol. The summed E-state index contributed by atoms with van der Waals surface area (Å²) in [5.41, 5.74) is 3.56. The van der Waals surface area contributed by atoms with Crippen LogP contribution < -0.4 is 0 Å². The summed E-state index contributed by atoms with van der Waals surface area (Å²) in [6.45, 7) is 6.43. The van der Waals surface area contributed by atoms with Gasteiger partial charge in [-0.2, -0.15) is 0 Å². The van der Waals surface area contributed by atoms with Crippen LogP contribution in [0, 0.1) is 6.92 Å². The third-order valence-corrected chi connectivity index (χ3v) is 3.34. The Morgan fingerprint density at radius 1 is 0.882 bits per heavy atom. The molecular weight excluding hydrogens is 208 g/mol. The molecule has 0 saturated carbocycles. The summed E-state index contributed by atoms with van der Waals surface area (Å²) < 4.78 is 0. The van der Waals surface area contributed by atoms with E-state index in [9.17, 15) is 5.11 Å². The number of aryl methyl sites for hydroxylation is 1. The van der Waals surface area contributed by atoms with Crippen molar-refractivity contribution >= 4 is 0 Å². The number of phenolic OH excluding ortho intramolecular Hbond substituents is 1. The minimum Gasteiger partial charge on any atom is -0.508 e. The molecule has 0 heterocycles. The molecule has 0 unspecified atom stereocenters. The normalized spacial score (nSPS) is 11.5. The number of hydrogen-bond donors (Lipinski definition) is 1. The van der Waals surface area contributed by atoms with Crippen molar-refractivity contribution in [2.75, 3.05) is 0 Å². The van der Waals surface area contributed by atoms with Crippen molar-refractivity contribution < 1.29 is 5.11 Å². The Labute approximate surface area is 103 Å². The Hall–Kier alpha value is -1.76. The quantitative estimate of drug-likeness (QED) is 0.819. The molecule has 2 aromatic rings. The number of phenols is 1. The summed E-state index contributed by atoms with van der Waals surface area (Å²) in [5.74, 6) is 0.322. The molecule has 0 aliphatic carbocycles. The first-order chi connectivity index (χ1) is 8.00. The molecular formula is C16H18O. The Morgan fingerprint density at radius 2 is 1.53 bits per heavy atom. The van der Waals surface area contributed by atoms with Gasteiger partial charge < -0.3 is 5.11 Å². The lowest BCUT2D eigenvalue weighted by Crippen LogP contribution is -2.18. The van der Waals surface area contributed by atoms with Gasteiger partial charge in [0.1, 0.15) is 5.75 Å². The summed E-state index contributed by atoms with van der Waals surface area (Å²) in [6, 6.07) is 16.0. The second kappa shape index (κ2) is 4.25. The maximum Gasteiger partial charge on any atom is 0.115 e. The highest BCUT2D eigenvalue weighted by Crippen LogP contribution is 2.32. The van der Waals surface area contributed by atoms with Crippen molar-refractivity contribution in [1.82, 2.24) is 0 Å². The molecule has 88 valence electrons. The van der Waals surface area contributed by atoms with Crippen molar-refractivity contribution in [3.63, 3.8) is 0 Å². The molecule has 0 aliphatic rings. The fourth-order valence-electron chi connectivity index (χ4n) is 2.03. The monoisotopic (exact) mass is 226 g/mol. The summed E-state index contributed by atoms with van der Waals surface area (Å²) in [5, 5.41) is 9.57. The second-order valence-electron chi connectivity index (χ2n) is 5.04. The Kier molecular flexibility index (Phi) is 2.93. The van der Waals surface area contributed by atoms with Crippen LogP contribution in [0.25, 0.3) is 0 Å². The van der Waals surface area contributed by atoms with Gasteiger partial charge in [-0.05, 0) is 30.2 Å². The van der Waals surface area contributed by atoms with E-state index in [1.807, 2.05) is 12.1 Å². The molecule has 0 amide bonds. The standard InChI is InChI=1S/C16H18O/c1-12-7-9-13(10-8-12)16(2,3)14-5-4-6-15(17)11-14/h4-11,17H,1-3H3. The van der Waals surface area contributed by atoms with Crippen LogP contribution in [-0.2, 0) is 5.41 Å². The largest absolute Gasteiger partial charge is 0.508 e. The molecule has 0 radical (unpaired) electrons. The van der Waals surface area contributed by atoms with Gasteiger partial charge in [0.2, 0.25) is 0 Å². The number of rotatable bonds is 2. The minimum atomic E-state index is -0.0908. The van der Waals surface area contributed by atoms with E-state index in [4.69, 9.17) is 0 Å². The first kappa shape index (κ1) is 11.7.